The number of carbonyl (C=O) groups excluding carboxylic acids is 1. The summed E-state index contributed by atoms with van der Waals surface area (Å²) in [5, 5.41) is 6.46. The zero-order chi connectivity index (χ0) is 21.3. The molecule has 7 heteroatoms. The van der Waals surface area contributed by atoms with Crippen LogP contribution < -0.4 is 15.4 Å². The third-order valence-electron chi connectivity index (χ3n) is 6.38. The van der Waals surface area contributed by atoms with Gasteiger partial charge in [-0.3, -0.25) is 9.79 Å². The van der Waals surface area contributed by atoms with Gasteiger partial charge in [-0.2, -0.15) is 0 Å². The molecule has 1 saturated carbocycles. The number of benzene rings is 1. The van der Waals surface area contributed by atoms with E-state index in [1.54, 1.807) is 0 Å². The van der Waals surface area contributed by atoms with E-state index in [9.17, 15) is 4.79 Å². The molecule has 2 aliphatic rings. The molecule has 1 heterocycles. The van der Waals surface area contributed by atoms with Crippen molar-refractivity contribution in [3.8, 4) is 5.75 Å². The first kappa shape index (κ1) is 25.7. The predicted octanol–water partition coefficient (Wildman–Crippen LogP) is 3.84. The molecule has 2 N–H and O–H groups in total. The largest absolute Gasteiger partial charge is 0.484 e. The topological polar surface area (TPSA) is 66.0 Å². The van der Waals surface area contributed by atoms with Crippen molar-refractivity contribution in [2.45, 2.75) is 58.4 Å². The molecule has 1 atom stereocenters. The Morgan fingerprint density at radius 2 is 1.90 bits per heavy atom. The van der Waals surface area contributed by atoms with Crippen molar-refractivity contribution in [1.82, 2.24) is 15.5 Å². The first-order valence-electron chi connectivity index (χ1n) is 11.6. The molecular weight excluding hydrogens is 503 g/mol. The van der Waals surface area contributed by atoms with Crippen LogP contribution in [0.5, 0.6) is 5.75 Å². The van der Waals surface area contributed by atoms with Crippen molar-refractivity contribution < 1.29 is 9.53 Å². The van der Waals surface area contributed by atoms with Gasteiger partial charge in [-0.1, -0.05) is 38.8 Å². The standard InChI is InChI=1S/C24H38N4O2.HI/c1-4-19(5-2)20-13-15-28(16-20)24(25-3)26-14-12-18-6-10-22(11-7-18)30-17-23(29)27-21-8-9-21;/h6-7,10-11,19-21H,4-5,8-9,12-17H2,1-3H3,(H,25,26)(H,27,29);1H. The Morgan fingerprint density at radius 1 is 1.19 bits per heavy atom. The third kappa shape index (κ3) is 8.16. The van der Waals surface area contributed by atoms with Crippen LogP contribution in [0.1, 0.15) is 51.5 Å². The van der Waals surface area contributed by atoms with Crippen LogP contribution in [-0.4, -0.2) is 56.1 Å². The SMILES string of the molecule is CCC(CC)C1CCN(C(=NC)NCCc2ccc(OCC(=O)NC3CC3)cc2)C1.I. The second kappa shape index (κ2) is 13.1. The molecule has 0 spiro atoms. The lowest BCUT2D eigenvalue weighted by Gasteiger charge is -2.24. The summed E-state index contributed by atoms with van der Waals surface area (Å²) in [5.74, 6) is 3.33. The molecule has 1 aliphatic carbocycles. The minimum atomic E-state index is -0.0366. The molecule has 0 aromatic heterocycles. The molecule has 1 saturated heterocycles. The zero-order valence-corrected chi connectivity index (χ0v) is 21.6. The van der Waals surface area contributed by atoms with E-state index in [0.29, 0.717) is 6.04 Å². The van der Waals surface area contributed by atoms with Gasteiger partial charge in [0.25, 0.3) is 5.91 Å². The van der Waals surface area contributed by atoms with Crippen LogP contribution in [0.2, 0.25) is 0 Å². The molecule has 6 nitrogen and oxygen atoms in total. The number of carbonyl (C=O) groups is 1. The molecule has 1 amide bonds. The summed E-state index contributed by atoms with van der Waals surface area (Å²) in [4.78, 5) is 18.6. The maximum atomic E-state index is 11.7. The van der Waals surface area contributed by atoms with Crippen LogP contribution >= 0.6 is 24.0 Å². The molecule has 3 rings (SSSR count). The number of guanidine groups is 1. The molecule has 1 aliphatic heterocycles. The Bertz CT molecular complexity index is 702. The Hall–Kier alpha value is -1.51. The van der Waals surface area contributed by atoms with Gasteiger partial charge in [-0.25, -0.2) is 0 Å². The van der Waals surface area contributed by atoms with E-state index in [0.717, 1.165) is 62.4 Å². The van der Waals surface area contributed by atoms with Gasteiger partial charge in [-0.05, 0) is 55.2 Å². The average molecular weight is 543 g/mol. The molecular formula is C24H39IN4O2. The van der Waals surface area contributed by atoms with E-state index in [-0.39, 0.29) is 36.5 Å². The summed E-state index contributed by atoms with van der Waals surface area (Å²) in [6, 6.07) is 8.39. The highest BCUT2D eigenvalue weighted by Crippen LogP contribution is 2.28. The normalized spacial score (nSPS) is 18.6. The quantitative estimate of drug-likeness (QED) is 0.268. The molecule has 0 bridgehead atoms. The first-order chi connectivity index (χ1) is 14.6. The van der Waals surface area contributed by atoms with Crippen molar-refractivity contribution in [3.05, 3.63) is 29.8 Å². The summed E-state index contributed by atoms with van der Waals surface area (Å²) < 4.78 is 5.57. The van der Waals surface area contributed by atoms with E-state index in [1.165, 1.54) is 24.8 Å². The highest BCUT2D eigenvalue weighted by molar-refractivity contribution is 14.0. The Morgan fingerprint density at radius 3 is 2.52 bits per heavy atom. The minimum absolute atomic E-state index is 0. The van der Waals surface area contributed by atoms with Gasteiger partial charge in [0.2, 0.25) is 0 Å². The van der Waals surface area contributed by atoms with Crippen molar-refractivity contribution in [3.63, 3.8) is 0 Å². The number of halogens is 1. The first-order valence-corrected chi connectivity index (χ1v) is 11.6. The summed E-state index contributed by atoms with van der Waals surface area (Å²) in [7, 11) is 1.87. The fraction of sp³-hybridized carbons (Fsp3) is 0.667. The van der Waals surface area contributed by atoms with Crippen LogP contribution in [-0.2, 0) is 11.2 Å². The monoisotopic (exact) mass is 542 g/mol. The fourth-order valence-corrected chi connectivity index (χ4v) is 4.37. The molecule has 31 heavy (non-hydrogen) atoms. The number of ether oxygens (including phenoxy) is 1. The molecule has 2 fully saturated rings. The smallest absolute Gasteiger partial charge is 0.258 e. The van der Waals surface area contributed by atoms with Gasteiger partial charge in [0.15, 0.2) is 12.6 Å². The van der Waals surface area contributed by atoms with Crippen molar-refractivity contribution in [2.75, 3.05) is 33.3 Å². The van der Waals surface area contributed by atoms with Crippen molar-refractivity contribution >= 4 is 35.8 Å². The van der Waals surface area contributed by atoms with Crippen LogP contribution in [0, 0.1) is 11.8 Å². The molecule has 174 valence electrons. The summed E-state index contributed by atoms with van der Waals surface area (Å²) in [6.45, 7) is 7.77. The van der Waals surface area contributed by atoms with Gasteiger partial charge < -0.3 is 20.3 Å². The van der Waals surface area contributed by atoms with Gasteiger partial charge in [0, 0.05) is 32.7 Å². The van der Waals surface area contributed by atoms with Gasteiger partial charge in [0.1, 0.15) is 5.75 Å². The predicted molar refractivity (Wildman–Crippen MR) is 137 cm³/mol. The van der Waals surface area contributed by atoms with E-state index in [1.807, 2.05) is 19.2 Å². The highest BCUT2D eigenvalue weighted by atomic mass is 127. The van der Waals surface area contributed by atoms with E-state index >= 15 is 0 Å². The van der Waals surface area contributed by atoms with Crippen LogP contribution in [0.15, 0.2) is 29.3 Å². The lowest BCUT2D eigenvalue weighted by atomic mass is 9.87. The molecule has 1 aromatic rings. The van der Waals surface area contributed by atoms with Crippen LogP contribution in [0.25, 0.3) is 0 Å². The lowest BCUT2D eigenvalue weighted by Crippen LogP contribution is -2.41. The maximum absolute atomic E-state index is 11.7. The van der Waals surface area contributed by atoms with Crippen LogP contribution in [0.4, 0.5) is 0 Å². The summed E-state index contributed by atoms with van der Waals surface area (Å²) in [6.07, 6.45) is 6.92. The number of hydrogen-bond donors (Lipinski definition) is 2. The Labute approximate surface area is 204 Å². The number of nitrogens with one attached hydrogen (secondary N) is 2. The fourth-order valence-electron chi connectivity index (χ4n) is 4.37. The highest BCUT2D eigenvalue weighted by Gasteiger charge is 2.29. The summed E-state index contributed by atoms with van der Waals surface area (Å²) in [5.41, 5.74) is 1.24. The second-order valence-corrected chi connectivity index (χ2v) is 8.57. The number of nitrogens with zero attached hydrogens (tertiary/aromatic N) is 2. The number of likely N-dealkylation sites (tertiary alicyclic amines) is 1. The van der Waals surface area contributed by atoms with Gasteiger partial charge in [0.05, 0.1) is 0 Å². The number of rotatable bonds is 10. The molecule has 0 radical (unpaired) electrons. The number of amides is 1. The Kier molecular flexibility index (Phi) is 10.9. The van der Waals surface area contributed by atoms with E-state index in [4.69, 9.17) is 4.74 Å². The van der Waals surface area contributed by atoms with Gasteiger partial charge >= 0.3 is 0 Å². The van der Waals surface area contributed by atoms with E-state index < -0.39 is 0 Å². The zero-order valence-electron chi connectivity index (χ0n) is 19.2. The van der Waals surface area contributed by atoms with Gasteiger partial charge in [-0.15, -0.1) is 24.0 Å². The van der Waals surface area contributed by atoms with Crippen molar-refractivity contribution in [2.24, 2.45) is 16.8 Å². The third-order valence-corrected chi connectivity index (χ3v) is 6.38. The number of aliphatic imine (C=N–C) groups is 1. The van der Waals surface area contributed by atoms with Crippen molar-refractivity contribution in [1.29, 1.82) is 0 Å². The maximum Gasteiger partial charge on any atom is 0.258 e. The second-order valence-electron chi connectivity index (χ2n) is 8.57. The summed E-state index contributed by atoms with van der Waals surface area (Å²) >= 11 is 0. The molecule has 1 unspecified atom stereocenters. The van der Waals surface area contributed by atoms with E-state index in [2.05, 4.69) is 46.5 Å². The average Bonchev–Trinajstić information content (AvgIpc) is 3.45. The van der Waals surface area contributed by atoms with Crippen LogP contribution in [0.3, 0.4) is 0 Å². The Balaban J connectivity index is 0.00000341. The minimum Gasteiger partial charge on any atom is -0.484 e. The molecule has 1 aromatic carbocycles. The lowest BCUT2D eigenvalue weighted by molar-refractivity contribution is -0.123. The number of hydrogen-bond acceptors (Lipinski definition) is 3.